The zero-order valence-corrected chi connectivity index (χ0v) is 8.81. The first kappa shape index (κ1) is 11.2. The van der Waals surface area contributed by atoms with Crippen LogP contribution in [0.3, 0.4) is 0 Å². The second kappa shape index (κ2) is 4.11. The Kier molecular flexibility index (Phi) is 3.29. The van der Waals surface area contributed by atoms with E-state index in [0.717, 1.165) is 5.56 Å². The van der Waals surface area contributed by atoms with Crippen LogP contribution in [-0.2, 0) is 5.54 Å². The predicted octanol–water partition coefficient (Wildman–Crippen LogP) is 3.23. The molecule has 2 N–H and O–H groups in total. The van der Waals surface area contributed by atoms with Gasteiger partial charge < -0.3 is 5.73 Å². The van der Waals surface area contributed by atoms with E-state index in [2.05, 4.69) is 6.58 Å². The Morgan fingerprint density at radius 3 is 2.79 bits per heavy atom. The van der Waals surface area contributed by atoms with Gasteiger partial charge in [0.15, 0.2) is 0 Å². The smallest absolute Gasteiger partial charge is 0.142 e. The Balaban J connectivity index is 3.07. The molecule has 0 saturated heterocycles. The van der Waals surface area contributed by atoms with Crippen LogP contribution in [0.4, 0.5) is 4.39 Å². The summed E-state index contributed by atoms with van der Waals surface area (Å²) in [6, 6.07) is 4.61. The summed E-state index contributed by atoms with van der Waals surface area (Å²) in [5.41, 5.74) is 6.12. The molecule has 3 heteroatoms. The highest BCUT2D eigenvalue weighted by atomic mass is 35.5. The van der Waals surface area contributed by atoms with Crippen LogP contribution in [0.2, 0.25) is 5.02 Å². The molecule has 1 atom stereocenters. The minimum atomic E-state index is -0.590. The molecule has 0 amide bonds. The molecule has 0 heterocycles. The van der Waals surface area contributed by atoms with Crippen molar-refractivity contribution in [1.82, 2.24) is 0 Å². The van der Waals surface area contributed by atoms with Crippen LogP contribution in [0.1, 0.15) is 18.9 Å². The Morgan fingerprint density at radius 2 is 2.29 bits per heavy atom. The summed E-state index contributed by atoms with van der Waals surface area (Å²) in [6.07, 6.45) is 2.31. The van der Waals surface area contributed by atoms with E-state index in [-0.39, 0.29) is 5.02 Å². The van der Waals surface area contributed by atoms with Gasteiger partial charge in [0.2, 0.25) is 0 Å². The molecule has 0 aliphatic rings. The van der Waals surface area contributed by atoms with Gasteiger partial charge in [-0.05, 0) is 31.0 Å². The summed E-state index contributed by atoms with van der Waals surface area (Å²) in [7, 11) is 0. The van der Waals surface area contributed by atoms with Gasteiger partial charge in [-0.15, -0.1) is 6.58 Å². The fraction of sp³-hybridized carbons (Fsp3) is 0.273. The summed E-state index contributed by atoms with van der Waals surface area (Å²) in [5, 5.41) is 0.114. The summed E-state index contributed by atoms with van der Waals surface area (Å²) < 4.78 is 13.1. The van der Waals surface area contributed by atoms with Gasteiger partial charge in [0, 0.05) is 5.54 Å². The summed E-state index contributed by atoms with van der Waals surface area (Å²) >= 11 is 5.57. The Bertz CT molecular complexity index is 347. The maximum Gasteiger partial charge on any atom is 0.142 e. The molecule has 0 aliphatic carbocycles. The third-order valence-electron chi connectivity index (χ3n) is 2.15. The second-order valence-electron chi connectivity index (χ2n) is 3.54. The summed E-state index contributed by atoms with van der Waals surface area (Å²) in [4.78, 5) is 0. The molecule has 0 unspecified atom stereocenters. The first-order valence-electron chi connectivity index (χ1n) is 4.32. The fourth-order valence-electron chi connectivity index (χ4n) is 1.27. The van der Waals surface area contributed by atoms with Gasteiger partial charge in [-0.25, -0.2) is 4.39 Å². The Hall–Kier alpha value is -0.860. The average molecular weight is 214 g/mol. The highest BCUT2D eigenvalue weighted by molar-refractivity contribution is 6.30. The third kappa shape index (κ3) is 2.34. The van der Waals surface area contributed by atoms with Crippen LogP contribution < -0.4 is 5.73 Å². The molecule has 76 valence electrons. The largest absolute Gasteiger partial charge is 0.321 e. The van der Waals surface area contributed by atoms with E-state index in [4.69, 9.17) is 17.3 Å². The van der Waals surface area contributed by atoms with Gasteiger partial charge in [-0.3, -0.25) is 0 Å². The normalized spacial score (nSPS) is 14.9. The van der Waals surface area contributed by atoms with Crippen molar-refractivity contribution in [3.63, 3.8) is 0 Å². The lowest BCUT2D eigenvalue weighted by atomic mass is 9.90. The van der Waals surface area contributed by atoms with Gasteiger partial charge in [0.25, 0.3) is 0 Å². The van der Waals surface area contributed by atoms with Gasteiger partial charge in [-0.1, -0.05) is 23.7 Å². The molecular weight excluding hydrogens is 201 g/mol. The van der Waals surface area contributed by atoms with Crippen molar-refractivity contribution in [3.05, 3.63) is 47.3 Å². The predicted molar refractivity (Wildman–Crippen MR) is 57.8 cm³/mol. The van der Waals surface area contributed by atoms with Gasteiger partial charge >= 0.3 is 0 Å². The number of hydrogen-bond donors (Lipinski definition) is 1. The van der Waals surface area contributed by atoms with E-state index in [9.17, 15) is 4.39 Å². The van der Waals surface area contributed by atoms with Gasteiger partial charge in [0.05, 0.1) is 5.02 Å². The lowest BCUT2D eigenvalue weighted by Crippen LogP contribution is -2.32. The van der Waals surface area contributed by atoms with Crippen LogP contribution in [0.5, 0.6) is 0 Å². The van der Waals surface area contributed by atoms with E-state index < -0.39 is 11.4 Å². The minimum absolute atomic E-state index is 0.114. The van der Waals surface area contributed by atoms with Crippen molar-refractivity contribution in [2.45, 2.75) is 18.9 Å². The van der Waals surface area contributed by atoms with E-state index in [1.807, 2.05) is 6.92 Å². The maximum atomic E-state index is 13.1. The van der Waals surface area contributed by atoms with Crippen LogP contribution in [-0.4, -0.2) is 0 Å². The fourth-order valence-corrected chi connectivity index (χ4v) is 1.39. The second-order valence-corrected chi connectivity index (χ2v) is 3.95. The standard InChI is InChI=1S/C11H13ClFN/c1-3-6-11(2,14)8-4-5-9(12)10(13)7-8/h3-5,7H,1,6,14H2,2H3/t11-/m1/s1. The molecule has 0 fully saturated rings. The number of halogens is 2. The number of hydrogen-bond acceptors (Lipinski definition) is 1. The molecule has 0 aliphatic heterocycles. The van der Waals surface area contributed by atoms with Crippen LogP contribution in [0.15, 0.2) is 30.9 Å². The van der Waals surface area contributed by atoms with E-state index in [0.29, 0.717) is 6.42 Å². The average Bonchev–Trinajstić information content (AvgIpc) is 2.09. The molecule has 1 rings (SSSR count). The quantitative estimate of drug-likeness (QED) is 0.767. The van der Waals surface area contributed by atoms with E-state index >= 15 is 0 Å². The highest BCUT2D eigenvalue weighted by Gasteiger charge is 2.20. The molecule has 0 aromatic heterocycles. The maximum absolute atomic E-state index is 13.1. The molecule has 0 saturated carbocycles. The SMILES string of the molecule is C=CC[C@@](C)(N)c1ccc(Cl)c(F)c1. The van der Waals surface area contributed by atoms with Crippen molar-refractivity contribution in [2.24, 2.45) is 5.73 Å². The highest BCUT2D eigenvalue weighted by Crippen LogP contribution is 2.25. The van der Waals surface area contributed by atoms with Crippen LogP contribution in [0.25, 0.3) is 0 Å². The van der Waals surface area contributed by atoms with Crippen molar-refractivity contribution in [3.8, 4) is 0 Å². The van der Waals surface area contributed by atoms with Crippen molar-refractivity contribution in [1.29, 1.82) is 0 Å². The Morgan fingerprint density at radius 1 is 1.64 bits per heavy atom. The Labute approximate surface area is 88.4 Å². The zero-order valence-electron chi connectivity index (χ0n) is 8.06. The lowest BCUT2D eigenvalue weighted by Gasteiger charge is -2.23. The molecular formula is C11H13ClFN. The minimum Gasteiger partial charge on any atom is -0.321 e. The molecule has 0 spiro atoms. The monoisotopic (exact) mass is 213 g/mol. The lowest BCUT2D eigenvalue weighted by molar-refractivity contribution is 0.497. The zero-order chi connectivity index (χ0) is 10.8. The van der Waals surface area contributed by atoms with Crippen molar-refractivity contribution >= 4 is 11.6 Å². The number of nitrogens with two attached hydrogens (primary N) is 1. The molecule has 1 nitrogen and oxygen atoms in total. The first-order valence-corrected chi connectivity index (χ1v) is 4.70. The van der Waals surface area contributed by atoms with Gasteiger partial charge in [-0.2, -0.15) is 0 Å². The van der Waals surface area contributed by atoms with Crippen molar-refractivity contribution in [2.75, 3.05) is 0 Å². The first-order chi connectivity index (χ1) is 6.47. The number of benzene rings is 1. The van der Waals surface area contributed by atoms with Crippen LogP contribution >= 0.6 is 11.6 Å². The molecule has 0 radical (unpaired) electrons. The van der Waals surface area contributed by atoms with Crippen LogP contribution in [0, 0.1) is 5.82 Å². The van der Waals surface area contributed by atoms with E-state index in [1.54, 1.807) is 12.1 Å². The topological polar surface area (TPSA) is 26.0 Å². The molecule has 1 aromatic rings. The third-order valence-corrected chi connectivity index (χ3v) is 2.45. The molecule has 14 heavy (non-hydrogen) atoms. The molecule has 0 bridgehead atoms. The van der Waals surface area contributed by atoms with Gasteiger partial charge in [0.1, 0.15) is 5.82 Å². The number of rotatable bonds is 3. The molecule has 1 aromatic carbocycles. The van der Waals surface area contributed by atoms with E-state index in [1.165, 1.54) is 12.1 Å². The summed E-state index contributed by atoms with van der Waals surface area (Å²) in [6.45, 7) is 5.44. The van der Waals surface area contributed by atoms with Crippen molar-refractivity contribution < 1.29 is 4.39 Å². The summed E-state index contributed by atoms with van der Waals surface area (Å²) in [5.74, 6) is -0.440.